The minimum absolute atomic E-state index is 0.0290. The highest BCUT2D eigenvalue weighted by atomic mass is 19.4. The largest absolute Gasteiger partial charge is 0.480 e. The van der Waals surface area contributed by atoms with E-state index in [1.807, 2.05) is 0 Å². The maximum Gasteiger partial charge on any atom is 0.411 e. The van der Waals surface area contributed by atoms with Crippen molar-refractivity contribution in [2.24, 2.45) is 0 Å². The van der Waals surface area contributed by atoms with Gasteiger partial charge in [0.05, 0.1) is 0 Å². The number of alkyl halides is 3. The second-order valence-electron chi connectivity index (χ2n) is 4.26. The third-order valence-electron chi connectivity index (χ3n) is 2.41. The van der Waals surface area contributed by atoms with Crippen LogP contribution in [-0.4, -0.2) is 42.4 Å². The molecule has 2 N–H and O–H groups in total. The number of hydrogen-bond acceptors (Lipinski definition) is 3. The van der Waals surface area contributed by atoms with E-state index in [4.69, 9.17) is 5.11 Å². The van der Waals surface area contributed by atoms with Gasteiger partial charge in [0, 0.05) is 6.42 Å². The second-order valence-corrected chi connectivity index (χ2v) is 4.26. The first-order valence-electron chi connectivity index (χ1n) is 5.98. The molecule has 1 atom stereocenters. The predicted octanol–water partition coefficient (Wildman–Crippen LogP) is 1.38. The Labute approximate surface area is 118 Å². The number of carbonyl (C=O) groups is 2. The molecular weight excluding hydrogens is 291 g/mol. The summed E-state index contributed by atoms with van der Waals surface area (Å²) in [6.45, 7) is -2.41. The third kappa shape index (κ3) is 7.31. The number of carboxylic acid groups (broad SMARTS) is 1. The first kappa shape index (κ1) is 17.0. The minimum atomic E-state index is -4.53. The Morgan fingerprint density at radius 2 is 1.86 bits per heavy atom. The van der Waals surface area contributed by atoms with Gasteiger partial charge in [-0.3, -0.25) is 4.79 Å². The first-order valence-corrected chi connectivity index (χ1v) is 5.98. The third-order valence-corrected chi connectivity index (χ3v) is 2.41. The van der Waals surface area contributed by atoms with Gasteiger partial charge in [0.1, 0.15) is 19.3 Å². The highest BCUT2D eigenvalue weighted by Gasteiger charge is 2.28. The van der Waals surface area contributed by atoms with Crippen molar-refractivity contribution in [2.75, 3.05) is 13.2 Å². The molecule has 0 heterocycles. The average molecular weight is 305 g/mol. The standard InChI is InChI=1S/C13H14F3NO4/c14-13(15,16)8-21-7-11(18)17-10(12(19)20)6-9-4-2-1-3-5-9/h1-5,10H,6-8H2,(H,17,18)(H,19,20)/t10-/m0/s1. The molecule has 0 saturated heterocycles. The van der Waals surface area contributed by atoms with Gasteiger partial charge in [0.25, 0.3) is 0 Å². The van der Waals surface area contributed by atoms with Crippen LogP contribution in [-0.2, 0) is 20.7 Å². The fourth-order valence-corrected chi connectivity index (χ4v) is 1.55. The van der Waals surface area contributed by atoms with E-state index >= 15 is 0 Å². The summed E-state index contributed by atoms with van der Waals surface area (Å²) >= 11 is 0. The van der Waals surface area contributed by atoms with E-state index in [0.29, 0.717) is 5.56 Å². The number of halogens is 3. The summed E-state index contributed by atoms with van der Waals surface area (Å²) in [5.74, 6) is -2.19. The number of amides is 1. The number of benzene rings is 1. The Balaban J connectivity index is 2.47. The van der Waals surface area contributed by atoms with Crippen molar-refractivity contribution in [2.45, 2.75) is 18.6 Å². The number of ether oxygens (including phenoxy) is 1. The molecule has 0 fully saturated rings. The second kappa shape index (κ2) is 7.63. The SMILES string of the molecule is O=C(COCC(F)(F)F)N[C@@H](Cc1ccccc1)C(=O)O. The smallest absolute Gasteiger partial charge is 0.411 e. The maximum atomic E-state index is 11.8. The van der Waals surface area contributed by atoms with E-state index in [0.717, 1.165) is 0 Å². The number of nitrogens with one attached hydrogen (secondary N) is 1. The summed E-state index contributed by atoms with van der Waals surface area (Å²) in [7, 11) is 0. The Kier molecular flexibility index (Phi) is 6.16. The Hall–Kier alpha value is -2.09. The van der Waals surface area contributed by atoms with Crippen molar-refractivity contribution in [3.8, 4) is 0 Å². The van der Waals surface area contributed by atoms with Gasteiger partial charge in [-0.2, -0.15) is 13.2 Å². The molecule has 1 aromatic rings. The average Bonchev–Trinajstić information content (AvgIpc) is 2.37. The highest BCUT2D eigenvalue weighted by Crippen LogP contribution is 2.14. The van der Waals surface area contributed by atoms with Gasteiger partial charge in [-0.25, -0.2) is 4.79 Å². The summed E-state index contributed by atoms with van der Waals surface area (Å²) in [5.41, 5.74) is 0.682. The molecular formula is C13H14F3NO4. The molecule has 0 spiro atoms. The molecule has 21 heavy (non-hydrogen) atoms. The molecule has 0 aliphatic carbocycles. The maximum absolute atomic E-state index is 11.8. The van der Waals surface area contributed by atoms with Crippen LogP contribution in [0.4, 0.5) is 13.2 Å². The van der Waals surface area contributed by atoms with E-state index in [1.165, 1.54) is 0 Å². The van der Waals surface area contributed by atoms with Crippen LogP contribution in [0, 0.1) is 0 Å². The van der Waals surface area contributed by atoms with Crippen LogP contribution < -0.4 is 5.32 Å². The van der Waals surface area contributed by atoms with E-state index in [9.17, 15) is 22.8 Å². The number of rotatable bonds is 7. The number of aliphatic carboxylic acids is 1. The molecule has 116 valence electrons. The lowest BCUT2D eigenvalue weighted by Crippen LogP contribution is -2.44. The van der Waals surface area contributed by atoms with E-state index in [1.54, 1.807) is 30.3 Å². The monoisotopic (exact) mass is 305 g/mol. The minimum Gasteiger partial charge on any atom is -0.480 e. The fourth-order valence-electron chi connectivity index (χ4n) is 1.55. The van der Waals surface area contributed by atoms with Gasteiger partial charge in [-0.15, -0.1) is 0 Å². The lowest BCUT2D eigenvalue weighted by atomic mass is 10.1. The summed E-state index contributed by atoms with van der Waals surface area (Å²) in [6, 6.07) is 7.31. The van der Waals surface area contributed by atoms with Crippen LogP contribution in [0.5, 0.6) is 0 Å². The van der Waals surface area contributed by atoms with Crippen molar-refractivity contribution in [3.05, 3.63) is 35.9 Å². The zero-order valence-corrected chi connectivity index (χ0v) is 10.9. The van der Waals surface area contributed by atoms with Crippen LogP contribution in [0.15, 0.2) is 30.3 Å². The normalized spacial score (nSPS) is 12.7. The Morgan fingerprint density at radius 3 is 2.38 bits per heavy atom. The van der Waals surface area contributed by atoms with Crippen molar-refractivity contribution in [3.63, 3.8) is 0 Å². The van der Waals surface area contributed by atoms with Gasteiger partial charge in [-0.05, 0) is 5.56 Å². The number of hydrogen-bond donors (Lipinski definition) is 2. The molecule has 0 aliphatic rings. The molecule has 0 saturated carbocycles. The molecule has 0 aliphatic heterocycles. The lowest BCUT2D eigenvalue weighted by Gasteiger charge is -2.15. The lowest BCUT2D eigenvalue weighted by molar-refractivity contribution is -0.176. The molecule has 0 radical (unpaired) electrons. The van der Waals surface area contributed by atoms with Crippen molar-refractivity contribution in [1.82, 2.24) is 5.32 Å². The summed E-state index contributed by atoms with van der Waals surface area (Å²) in [5, 5.41) is 11.1. The molecule has 0 unspecified atom stereocenters. The van der Waals surface area contributed by atoms with Gasteiger partial charge in [-0.1, -0.05) is 30.3 Å². The van der Waals surface area contributed by atoms with Gasteiger partial charge >= 0.3 is 12.1 Å². The topological polar surface area (TPSA) is 75.6 Å². The molecule has 1 aromatic carbocycles. The molecule has 0 aromatic heterocycles. The molecule has 0 bridgehead atoms. The van der Waals surface area contributed by atoms with Crippen LogP contribution in [0.1, 0.15) is 5.56 Å². The Morgan fingerprint density at radius 1 is 1.24 bits per heavy atom. The predicted molar refractivity (Wildman–Crippen MR) is 66.6 cm³/mol. The van der Waals surface area contributed by atoms with Gasteiger partial charge in [0.2, 0.25) is 5.91 Å². The van der Waals surface area contributed by atoms with Crippen LogP contribution in [0.3, 0.4) is 0 Å². The van der Waals surface area contributed by atoms with Crippen LogP contribution >= 0.6 is 0 Å². The van der Waals surface area contributed by atoms with E-state index in [2.05, 4.69) is 10.1 Å². The summed E-state index contributed by atoms with van der Waals surface area (Å²) < 4.78 is 39.7. The summed E-state index contributed by atoms with van der Waals surface area (Å²) in [6.07, 6.45) is -4.50. The zero-order valence-electron chi connectivity index (χ0n) is 10.9. The van der Waals surface area contributed by atoms with Crippen molar-refractivity contribution < 1.29 is 32.6 Å². The van der Waals surface area contributed by atoms with Crippen LogP contribution in [0.25, 0.3) is 0 Å². The Bertz CT molecular complexity index is 476. The van der Waals surface area contributed by atoms with E-state index in [-0.39, 0.29) is 6.42 Å². The van der Waals surface area contributed by atoms with E-state index < -0.39 is 37.3 Å². The highest BCUT2D eigenvalue weighted by molar-refractivity contribution is 5.84. The zero-order chi connectivity index (χ0) is 15.9. The van der Waals surface area contributed by atoms with Crippen molar-refractivity contribution >= 4 is 11.9 Å². The number of carbonyl (C=O) groups excluding carboxylic acids is 1. The quantitative estimate of drug-likeness (QED) is 0.798. The molecule has 5 nitrogen and oxygen atoms in total. The molecule has 1 rings (SSSR count). The summed E-state index contributed by atoms with van der Waals surface area (Å²) in [4.78, 5) is 22.4. The first-order chi connectivity index (χ1) is 9.78. The van der Waals surface area contributed by atoms with Gasteiger partial charge in [0.15, 0.2) is 0 Å². The van der Waals surface area contributed by atoms with Crippen molar-refractivity contribution in [1.29, 1.82) is 0 Å². The molecule has 1 amide bonds. The molecule has 8 heteroatoms. The number of carboxylic acids is 1. The van der Waals surface area contributed by atoms with Gasteiger partial charge < -0.3 is 15.2 Å². The van der Waals surface area contributed by atoms with Crippen LogP contribution in [0.2, 0.25) is 0 Å². The fraction of sp³-hybridized carbons (Fsp3) is 0.385.